The molecule has 0 aliphatic carbocycles. The molecular weight excluding hydrogens is 224 g/mol. The SMILES string of the molecule is CCc1sc(-c2cc[nH]c(=O)c2)nc1C=O. The summed E-state index contributed by atoms with van der Waals surface area (Å²) in [6, 6.07) is 3.25. The summed E-state index contributed by atoms with van der Waals surface area (Å²) < 4.78 is 0. The molecule has 0 atom stereocenters. The Morgan fingerprint density at radius 1 is 1.56 bits per heavy atom. The molecular formula is C11H10N2O2S. The van der Waals surface area contributed by atoms with Crippen molar-refractivity contribution in [3.8, 4) is 10.6 Å². The average Bonchev–Trinajstić information content (AvgIpc) is 2.72. The zero-order valence-electron chi connectivity index (χ0n) is 8.69. The van der Waals surface area contributed by atoms with Gasteiger partial charge < -0.3 is 4.98 Å². The van der Waals surface area contributed by atoms with E-state index in [0.717, 1.165) is 23.1 Å². The van der Waals surface area contributed by atoms with Crippen molar-refractivity contribution in [1.82, 2.24) is 9.97 Å². The standard InChI is InChI=1S/C11H10N2O2S/c1-2-9-8(6-14)13-11(16-9)7-3-4-12-10(15)5-7/h3-6H,2H2,1H3,(H,12,15). The molecule has 0 unspecified atom stereocenters. The lowest BCUT2D eigenvalue weighted by Gasteiger charge is -1.92. The van der Waals surface area contributed by atoms with E-state index in [1.54, 1.807) is 12.3 Å². The summed E-state index contributed by atoms with van der Waals surface area (Å²) in [5.41, 5.74) is 1.05. The van der Waals surface area contributed by atoms with Crippen LogP contribution in [0.15, 0.2) is 23.1 Å². The van der Waals surface area contributed by atoms with E-state index in [-0.39, 0.29) is 5.56 Å². The minimum absolute atomic E-state index is 0.168. The van der Waals surface area contributed by atoms with E-state index in [0.29, 0.717) is 10.7 Å². The molecule has 5 heteroatoms. The summed E-state index contributed by atoms with van der Waals surface area (Å²) in [6.07, 6.45) is 3.10. The Morgan fingerprint density at radius 2 is 2.38 bits per heavy atom. The maximum atomic E-state index is 11.1. The lowest BCUT2D eigenvalue weighted by Crippen LogP contribution is -2.01. The Bertz CT molecular complexity index is 571. The van der Waals surface area contributed by atoms with Gasteiger partial charge in [-0.1, -0.05) is 6.92 Å². The molecule has 0 aliphatic rings. The zero-order chi connectivity index (χ0) is 11.5. The summed E-state index contributed by atoms with van der Waals surface area (Å²) in [4.78, 5) is 29.6. The van der Waals surface area contributed by atoms with Gasteiger partial charge in [-0.2, -0.15) is 0 Å². The van der Waals surface area contributed by atoms with E-state index < -0.39 is 0 Å². The zero-order valence-corrected chi connectivity index (χ0v) is 9.50. The topological polar surface area (TPSA) is 62.8 Å². The fourth-order valence-corrected chi connectivity index (χ4v) is 2.37. The fourth-order valence-electron chi connectivity index (χ4n) is 1.41. The highest BCUT2D eigenvalue weighted by Crippen LogP contribution is 2.26. The number of aryl methyl sites for hydroxylation is 1. The van der Waals surface area contributed by atoms with Crippen LogP contribution in [-0.4, -0.2) is 16.3 Å². The third-order valence-electron chi connectivity index (χ3n) is 2.18. The van der Waals surface area contributed by atoms with Gasteiger partial charge in [0.05, 0.1) is 0 Å². The van der Waals surface area contributed by atoms with Crippen LogP contribution in [0.5, 0.6) is 0 Å². The first kappa shape index (κ1) is 10.8. The Morgan fingerprint density at radius 3 is 2.94 bits per heavy atom. The molecule has 0 bridgehead atoms. The van der Waals surface area contributed by atoms with Crippen molar-refractivity contribution in [3.05, 3.63) is 39.3 Å². The van der Waals surface area contributed by atoms with Crippen LogP contribution in [0.1, 0.15) is 22.3 Å². The van der Waals surface area contributed by atoms with Crippen LogP contribution >= 0.6 is 11.3 Å². The number of carbonyl (C=O) groups excluding carboxylic acids is 1. The molecule has 0 amide bonds. The van der Waals surface area contributed by atoms with Crippen LogP contribution in [0.3, 0.4) is 0 Å². The van der Waals surface area contributed by atoms with Crippen LogP contribution in [0, 0.1) is 0 Å². The third kappa shape index (κ3) is 1.94. The molecule has 0 aliphatic heterocycles. The van der Waals surface area contributed by atoms with Crippen molar-refractivity contribution in [2.75, 3.05) is 0 Å². The fraction of sp³-hybridized carbons (Fsp3) is 0.182. The van der Waals surface area contributed by atoms with Gasteiger partial charge >= 0.3 is 0 Å². The van der Waals surface area contributed by atoms with Gasteiger partial charge in [0.2, 0.25) is 5.56 Å². The van der Waals surface area contributed by atoms with Crippen LogP contribution in [0.4, 0.5) is 0 Å². The summed E-state index contributed by atoms with van der Waals surface area (Å²) in [7, 11) is 0. The van der Waals surface area contributed by atoms with Crippen molar-refractivity contribution in [2.24, 2.45) is 0 Å². The molecule has 2 aromatic rings. The molecule has 16 heavy (non-hydrogen) atoms. The summed E-state index contributed by atoms with van der Waals surface area (Å²) in [5, 5.41) is 0.713. The number of nitrogens with zero attached hydrogens (tertiary/aromatic N) is 1. The number of nitrogens with one attached hydrogen (secondary N) is 1. The van der Waals surface area contributed by atoms with Crippen molar-refractivity contribution in [2.45, 2.75) is 13.3 Å². The maximum Gasteiger partial charge on any atom is 0.248 e. The van der Waals surface area contributed by atoms with Gasteiger partial charge in [0, 0.05) is 22.7 Å². The molecule has 0 radical (unpaired) electrons. The number of rotatable bonds is 3. The third-order valence-corrected chi connectivity index (χ3v) is 3.45. The average molecular weight is 234 g/mol. The predicted molar refractivity (Wildman–Crippen MR) is 62.9 cm³/mol. The van der Waals surface area contributed by atoms with Crippen LogP contribution in [0.2, 0.25) is 0 Å². The van der Waals surface area contributed by atoms with Crippen molar-refractivity contribution < 1.29 is 4.79 Å². The lowest BCUT2D eigenvalue weighted by atomic mass is 10.3. The van der Waals surface area contributed by atoms with Crippen molar-refractivity contribution in [3.63, 3.8) is 0 Å². The molecule has 4 nitrogen and oxygen atoms in total. The van der Waals surface area contributed by atoms with Gasteiger partial charge in [0.15, 0.2) is 6.29 Å². The van der Waals surface area contributed by atoms with Crippen molar-refractivity contribution in [1.29, 1.82) is 0 Å². The van der Waals surface area contributed by atoms with Gasteiger partial charge in [-0.3, -0.25) is 9.59 Å². The Hall–Kier alpha value is -1.75. The molecule has 0 aromatic carbocycles. The van der Waals surface area contributed by atoms with Gasteiger partial charge in [-0.25, -0.2) is 4.98 Å². The quantitative estimate of drug-likeness (QED) is 0.825. The summed E-state index contributed by atoms with van der Waals surface area (Å²) in [6.45, 7) is 1.97. The Kier molecular flexibility index (Phi) is 2.96. The number of hydrogen-bond donors (Lipinski definition) is 1. The molecule has 0 saturated heterocycles. The number of carbonyl (C=O) groups is 1. The van der Waals surface area contributed by atoms with E-state index in [1.807, 2.05) is 6.92 Å². The Labute approximate surface area is 96.0 Å². The van der Waals surface area contributed by atoms with E-state index in [2.05, 4.69) is 9.97 Å². The number of aromatic nitrogens is 2. The van der Waals surface area contributed by atoms with E-state index in [1.165, 1.54) is 17.4 Å². The predicted octanol–water partition coefficient (Wildman–Crippen LogP) is 1.87. The minimum Gasteiger partial charge on any atom is -0.329 e. The molecule has 2 heterocycles. The van der Waals surface area contributed by atoms with Gasteiger partial charge in [0.25, 0.3) is 0 Å². The van der Waals surface area contributed by atoms with E-state index in [9.17, 15) is 9.59 Å². The second-order valence-electron chi connectivity index (χ2n) is 3.24. The van der Waals surface area contributed by atoms with Crippen molar-refractivity contribution >= 4 is 17.6 Å². The van der Waals surface area contributed by atoms with Crippen LogP contribution in [-0.2, 0) is 6.42 Å². The maximum absolute atomic E-state index is 11.1. The summed E-state index contributed by atoms with van der Waals surface area (Å²) in [5.74, 6) is 0. The first-order chi connectivity index (χ1) is 7.74. The molecule has 2 aromatic heterocycles. The van der Waals surface area contributed by atoms with E-state index >= 15 is 0 Å². The van der Waals surface area contributed by atoms with E-state index in [4.69, 9.17) is 0 Å². The molecule has 2 rings (SSSR count). The number of thiazole rings is 1. The number of H-pyrrole nitrogens is 1. The monoisotopic (exact) mass is 234 g/mol. The van der Waals surface area contributed by atoms with Crippen LogP contribution < -0.4 is 5.56 Å². The highest BCUT2D eigenvalue weighted by Gasteiger charge is 2.10. The Balaban J connectivity index is 2.52. The summed E-state index contributed by atoms with van der Waals surface area (Å²) >= 11 is 1.45. The number of aldehydes is 1. The lowest BCUT2D eigenvalue weighted by molar-refractivity contribution is 0.111. The second kappa shape index (κ2) is 4.40. The molecule has 0 saturated carbocycles. The number of aromatic amines is 1. The smallest absolute Gasteiger partial charge is 0.248 e. The molecule has 1 N–H and O–H groups in total. The molecule has 0 spiro atoms. The number of hydrogen-bond acceptors (Lipinski definition) is 4. The highest BCUT2D eigenvalue weighted by atomic mass is 32.1. The van der Waals surface area contributed by atoms with Crippen LogP contribution in [0.25, 0.3) is 10.6 Å². The first-order valence-corrected chi connectivity index (χ1v) is 5.70. The van der Waals surface area contributed by atoms with Gasteiger partial charge in [-0.05, 0) is 12.5 Å². The second-order valence-corrected chi connectivity index (χ2v) is 4.32. The highest BCUT2D eigenvalue weighted by molar-refractivity contribution is 7.15. The largest absolute Gasteiger partial charge is 0.329 e. The first-order valence-electron chi connectivity index (χ1n) is 4.88. The van der Waals surface area contributed by atoms with Gasteiger partial charge in [0.1, 0.15) is 10.7 Å². The molecule has 82 valence electrons. The minimum atomic E-state index is -0.168. The van der Waals surface area contributed by atoms with Gasteiger partial charge in [-0.15, -0.1) is 11.3 Å². The normalized spacial score (nSPS) is 10.3. The molecule has 0 fully saturated rings. The number of pyridine rings is 1.